The average molecular weight is 280 g/mol. The third-order valence-electron chi connectivity index (χ3n) is 6.11. The summed E-state index contributed by atoms with van der Waals surface area (Å²) in [5, 5.41) is 3.86. The highest BCUT2D eigenvalue weighted by molar-refractivity contribution is 5.06. The molecule has 2 saturated heterocycles. The maximum atomic E-state index is 6.11. The van der Waals surface area contributed by atoms with Gasteiger partial charge in [0.25, 0.3) is 0 Å². The van der Waals surface area contributed by atoms with Gasteiger partial charge in [-0.1, -0.05) is 19.8 Å². The quantitative estimate of drug-likeness (QED) is 0.860. The molecule has 1 spiro atoms. The van der Waals surface area contributed by atoms with Crippen LogP contribution in [-0.2, 0) is 4.74 Å². The zero-order valence-electron chi connectivity index (χ0n) is 13.6. The van der Waals surface area contributed by atoms with Gasteiger partial charge in [-0.3, -0.25) is 4.90 Å². The van der Waals surface area contributed by atoms with E-state index in [4.69, 9.17) is 4.74 Å². The molecule has 0 aromatic carbocycles. The van der Waals surface area contributed by atoms with Crippen LogP contribution in [0.1, 0.15) is 65.7 Å². The molecular weight excluding hydrogens is 248 g/mol. The summed E-state index contributed by atoms with van der Waals surface area (Å²) in [6.07, 6.45) is 10.2. The van der Waals surface area contributed by atoms with Crippen molar-refractivity contribution in [2.45, 2.75) is 89.0 Å². The molecule has 3 fully saturated rings. The predicted molar refractivity (Wildman–Crippen MR) is 83.0 cm³/mol. The Kier molecular flexibility index (Phi) is 4.13. The Morgan fingerprint density at radius 2 is 2.00 bits per heavy atom. The molecule has 2 aliphatic heterocycles. The van der Waals surface area contributed by atoms with Crippen molar-refractivity contribution in [1.29, 1.82) is 0 Å². The van der Waals surface area contributed by atoms with E-state index in [1.165, 1.54) is 58.0 Å². The number of rotatable bonds is 3. The van der Waals surface area contributed by atoms with Gasteiger partial charge in [0, 0.05) is 30.7 Å². The zero-order valence-corrected chi connectivity index (χ0v) is 13.6. The highest BCUT2D eigenvalue weighted by Crippen LogP contribution is 2.39. The highest BCUT2D eigenvalue weighted by Gasteiger charge is 2.47. The SMILES string of the molecule is CCC1(C)CN(CC2CCC(C)O2)C2(CCCC2)CN1. The molecule has 3 aliphatic rings. The molecular formula is C17H32N2O. The molecule has 2 heterocycles. The van der Waals surface area contributed by atoms with Crippen molar-refractivity contribution >= 4 is 0 Å². The van der Waals surface area contributed by atoms with E-state index in [-0.39, 0.29) is 5.54 Å². The Labute approximate surface area is 124 Å². The molecule has 3 unspecified atom stereocenters. The number of nitrogens with zero attached hydrogens (tertiary/aromatic N) is 1. The van der Waals surface area contributed by atoms with Crippen molar-refractivity contribution in [3.05, 3.63) is 0 Å². The van der Waals surface area contributed by atoms with Gasteiger partial charge in [-0.2, -0.15) is 0 Å². The van der Waals surface area contributed by atoms with Gasteiger partial charge in [0.2, 0.25) is 0 Å². The first kappa shape index (κ1) is 14.8. The zero-order chi connectivity index (χ0) is 14.2. The van der Waals surface area contributed by atoms with Crippen LogP contribution in [0.25, 0.3) is 0 Å². The topological polar surface area (TPSA) is 24.5 Å². The first-order chi connectivity index (χ1) is 9.55. The average Bonchev–Trinajstić information content (AvgIpc) is 3.05. The highest BCUT2D eigenvalue weighted by atomic mass is 16.5. The molecule has 1 saturated carbocycles. The normalized spacial score (nSPS) is 41.5. The molecule has 1 aliphatic carbocycles. The molecule has 0 amide bonds. The van der Waals surface area contributed by atoms with Crippen molar-refractivity contribution in [3.8, 4) is 0 Å². The van der Waals surface area contributed by atoms with Crippen molar-refractivity contribution in [1.82, 2.24) is 10.2 Å². The van der Waals surface area contributed by atoms with Crippen molar-refractivity contribution in [3.63, 3.8) is 0 Å². The summed E-state index contributed by atoms with van der Waals surface area (Å²) in [6, 6.07) is 0. The van der Waals surface area contributed by atoms with E-state index in [1.54, 1.807) is 0 Å². The minimum absolute atomic E-state index is 0.290. The second kappa shape index (κ2) is 5.58. The first-order valence-electron chi connectivity index (χ1n) is 8.71. The summed E-state index contributed by atoms with van der Waals surface area (Å²) in [7, 11) is 0. The number of nitrogens with one attached hydrogen (secondary N) is 1. The van der Waals surface area contributed by atoms with E-state index in [0.29, 0.717) is 17.7 Å². The summed E-state index contributed by atoms with van der Waals surface area (Å²) in [5.74, 6) is 0. The minimum atomic E-state index is 0.290. The predicted octanol–water partition coefficient (Wildman–Crippen LogP) is 2.94. The Balaban J connectivity index is 1.71. The fraction of sp³-hybridized carbons (Fsp3) is 1.00. The summed E-state index contributed by atoms with van der Waals surface area (Å²) in [4.78, 5) is 2.81. The van der Waals surface area contributed by atoms with Crippen LogP contribution in [0.3, 0.4) is 0 Å². The van der Waals surface area contributed by atoms with Gasteiger partial charge >= 0.3 is 0 Å². The molecule has 3 rings (SSSR count). The third-order valence-corrected chi connectivity index (χ3v) is 6.11. The van der Waals surface area contributed by atoms with Gasteiger partial charge in [0.05, 0.1) is 12.2 Å². The fourth-order valence-corrected chi connectivity index (χ4v) is 4.42. The standard InChI is InChI=1S/C17H32N2O/c1-4-16(3)13-19(11-15-8-7-14(2)20-15)17(12-18-16)9-5-6-10-17/h14-15,18H,4-13H2,1-3H3. The molecule has 3 nitrogen and oxygen atoms in total. The van der Waals surface area contributed by atoms with E-state index in [2.05, 4.69) is 31.0 Å². The van der Waals surface area contributed by atoms with Crippen molar-refractivity contribution < 1.29 is 4.74 Å². The monoisotopic (exact) mass is 280 g/mol. The fourth-order valence-electron chi connectivity index (χ4n) is 4.42. The first-order valence-corrected chi connectivity index (χ1v) is 8.71. The van der Waals surface area contributed by atoms with E-state index in [1.807, 2.05) is 0 Å². The Hall–Kier alpha value is -0.120. The second-order valence-electron chi connectivity index (χ2n) is 7.73. The lowest BCUT2D eigenvalue weighted by molar-refractivity contribution is -0.0364. The van der Waals surface area contributed by atoms with Crippen LogP contribution in [0.15, 0.2) is 0 Å². The maximum Gasteiger partial charge on any atom is 0.0706 e. The largest absolute Gasteiger partial charge is 0.374 e. The number of ether oxygens (including phenoxy) is 1. The summed E-state index contributed by atoms with van der Waals surface area (Å²) < 4.78 is 6.11. The van der Waals surface area contributed by atoms with Crippen LogP contribution in [0.5, 0.6) is 0 Å². The van der Waals surface area contributed by atoms with Crippen molar-refractivity contribution in [2.24, 2.45) is 0 Å². The molecule has 0 radical (unpaired) electrons. The van der Waals surface area contributed by atoms with Gasteiger partial charge in [-0.15, -0.1) is 0 Å². The van der Waals surface area contributed by atoms with Gasteiger partial charge < -0.3 is 10.1 Å². The molecule has 1 N–H and O–H groups in total. The van der Waals surface area contributed by atoms with Crippen LogP contribution in [0.4, 0.5) is 0 Å². The molecule has 0 aromatic rings. The van der Waals surface area contributed by atoms with Crippen LogP contribution in [-0.4, -0.2) is 47.8 Å². The summed E-state index contributed by atoms with van der Waals surface area (Å²) in [5.41, 5.74) is 0.724. The van der Waals surface area contributed by atoms with Crippen LogP contribution in [0, 0.1) is 0 Å². The van der Waals surface area contributed by atoms with E-state index < -0.39 is 0 Å². The summed E-state index contributed by atoms with van der Waals surface area (Å²) >= 11 is 0. The molecule has 116 valence electrons. The van der Waals surface area contributed by atoms with Gasteiger partial charge in [-0.05, 0) is 46.0 Å². The smallest absolute Gasteiger partial charge is 0.0706 e. The molecule has 0 bridgehead atoms. The van der Waals surface area contributed by atoms with Crippen LogP contribution in [0.2, 0.25) is 0 Å². The number of hydrogen-bond donors (Lipinski definition) is 1. The number of piperazine rings is 1. The van der Waals surface area contributed by atoms with E-state index in [0.717, 1.165) is 6.54 Å². The Morgan fingerprint density at radius 1 is 1.25 bits per heavy atom. The van der Waals surface area contributed by atoms with E-state index >= 15 is 0 Å². The van der Waals surface area contributed by atoms with Crippen molar-refractivity contribution in [2.75, 3.05) is 19.6 Å². The lowest BCUT2D eigenvalue weighted by Gasteiger charge is -2.53. The van der Waals surface area contributed by atoms with Gasteiger partial charge in [-0.25, -0.2) is 0 Å². The van der Waals surface area contributed by atoms with Crippen LogP contribution >= 0.6 is 0 Å². The second-order valence-corrected chi connectivity index (χ2v) is 7.73. The molecule has 3 atom stereocenters. The minimum Gasteiger partial charge on any atom is -0.374 e. The lowest BCUT2D eigenvalue weighted by Crippen LogP contribution is -2.69. The summed E-state index contributed by atoms with van der Waals surface area (Å²) in [6.45, 7) is 10.4. The molecule has 3 heteroatoms. The molecule has 0 aromatic heterocycles. The third kappa shape index (κ3) is 2.77. The lowest BCUT2D eigenvalue weighted by atomic mass is 9.84. The number of hydrogen-bond acceptors (Lipinski definition) is 3. The molecule has 20 heavy (non-hydrogen) atoms. The van der Waals surface area contributed by atoms with Crippen LogP contribution < -0.4 is 5.32 Å². The Bertz CT molecular complexity index is 340. The maximum absolute atomic E-state index is 6.11. The van der Waals surface area contributed by atoms with Gasteiger partial charge in [0.15, 0.2) is 0 Å². The van der Waals surface area contributed by atoms with Gasteiger partial charge in [0.1, 0.15) is 0 Å². The Morgan fingerprint density at radius 3 is 2.60 bits per heavy atom. The van der Waals surface area contributed by atoms with E-state index in [9.17, 15) is 0 Å².